The van der Waals surface area contributed by atoms with E-state index in [4.69, 9.17) is 15.5 Å². The van der Waals surface area contributed by atoms with Crippen molar-refractivity contribution in [3.63, 3.8) is 0 Å². The van der Waals surface area contributed by atoms with Crippen LogP contribution < -0.4 is 10.5 Å². The number of hydrogen-bond donors (Lipinski definition) is 1. The van der Waals surface area contributed by atoms with Gasteiger partial charge in [0.25, 0.3) is 0 Å². The minimum Gasteiger partial charge on any atom is -0.482 e. The van der Waals surface area contributed by atoms with Gasteiger partial charge in [-0.15, -0.1) is 0 Å². The van der Waals surface area contributed by atoms with Crippen LogP contribution in [0.15, 0.2) is 30.5 Å². The Labute approximate surface area is 118 Å². The van der Waals surface area contributed by atoms with E-state index in [1.165, 1.54) is 5.56 Å². The Hall–Kier alpha value is -1.94. The lowest BCUT2D eigenvalue weighted by molar-refractivity contribution is 0.226. The number of aromatic nitrogens is 2. The van der Waals surface area contributed by atoms with Gasteiger partial charge in [-0.1, -0.05) is 18.2 Å². The number of ether oxygens (including phenoxy) is 1. The molecule has 2 heterocycles. The fourth-order valence-electron chi connectivity index (χ4n) is 3.08. The van der Waals surface area contributed by atoms with Crippen LogP contribution in [0.1, 0.15) is 47.6 Å². The molecule has 0 radical (unpaired) electrons. The van der Waals surface area contributed by atoms with Gasteiger partial charge < -0.3 is 10.5 Å². The minimum atomic E-state index is -0.0594. The molecule has 1 aliphatic heterocycles. The molecule has 2 aliphatic rings. The van der Waals surface area contributed by atoms with Crippen molar-refractivity contribution in [2.75, 3.05) is 0 Å². The number of nitrogens with zero attached hydrogens (tertiary/aromatic N) is 2. The molecule has 2 aromatic rings. The average molecular weight is 267 g/mol. The predicted molar refractivity (Wildman–Crippen MR) is 75.4 cm³/mol. The van der Waals surface area contributed by atoms with Crippen molar-refractivity contribution >= 4 is 0 Å². The van der Waals surface area contributed by atoms with E-state index in [1.54, 1.807) is 0 Å². The van der Waals surface area contributed by atoms with Gasteiger partial charge in [-0.25, -0.2) is 9.97 Å². The molecule has 102 valence electrons. The van der Waals surface area contributed by atoms with E-state index in [0.29, 0.717) is 0 Å². The first-order valence-electron chi connectivity index (χ1n) is 7.17. The highest BCUT2D eigenvalue weighted by Crippen LogP contribution is 2.36. The summed E-state index contributed by atoms with van der Waals surface area (Å²) in [6, 6.07) is 8.23. The van der Waals surface area contributed by atoms with Crippen molar-refractivity contribution in [1.82, 2.24) is 9.97 Å². The van der Waals surface area contributed by atoms with Crippen LogP contribution in [-0.4, -0.2) is 9.97 Å². The molecule has 2 unspecified atom stereocenters. The summed E-state index contributed by atoms with van der Waals surface area (Å²) in [6.45, 7) is 0. The van der Waals surface area contributed by atoms with E-state index in [0.717, 1.165) is 48.5 Å². The normalized spacial score (nSPS) is 23.9. The van der Waals surface area contributed by atoms with E-state index in [2.05, 4.69) is 11.1 Å². The van der Waals surface area contributed by atoms with Crippen LogP contribution >= 0.6 is 0 Å². The minimum absolute atomic E-state index is 0.0594. The van der Waals surface area contributed by atoms with Crippen molar-refractivity contribution in [1.29, 1.82) is 0 Å². The van der Waals surface area contributed by atoms with Gasteiger partial charge in [0, 0.05) is 29.9 Å². The fraction of sp³-hybridized carbons (Fsp3) is 0.375. The molecule has 0 fully saturated rings. The third-order valence-corrected chi connectivity index (χ3v) is 4.18. The molecule has 4 nitrogen and oxygen atoms in total. The Morgan fingerprint density at radius 1 is 1.25 bits per heavy atom. The second kappa shape index (κ2) is 4.56. The molecule has 20 heavy (non-hydrogen) atoms. The molecule has 0 spiro atoms. The molecule has 0 saturated carbocycles. The molecule has 2 N–H and O–H groups in total. The summed E-state index contributed by atoms with van der Waals surface area (Å²) in [4.78, 5) is 9.20. The fourth-order valence-corrected chi connectivity index (χ4v) is 3.08. The zero-order valence-electron chi connectivity index (χ0n) is 11.2. The van der Waals surface area contributed by atoms with E-state index in [1.807, 2.05) is 24.4 Å². The Bertz CT molecular complexity index is 631. The molecule has 0 amide bonds. The van der Waals surface area contributed by atoms with E-state index >= 15 is 0 Å². The zero-order chi connectivity index (χ0) is 13.5. The van der Waals surface area contributed by atoms with Gasteiger partial charge in [0.15, 0.2) is 11.9 Å². The maximum Gasteiger partial charge on any atom is 0.169 e. The number of rotatable bonds is 1. The van der Waals surface area contributed by atoms with Crippen LogP contribution in [-0.2, 0) is 12.8 Å². The van der Waals surface area contributed by atoms with Crippen LogP contribution in [0.4, 0.5) is 0 Å². The average Bonchev–Trinajstić information content (AvgIpc) is 2.91. The van der Waals surface area contributed by atoms with Crippen molar-refractivity contribution < 1.29 is 4.74 Å². The first-order chi connectivity index (χ1) is 9.81. The summed E-state index contributed by atoms with van der Waals surface area (Å²) in [5.74, 6) is 1.74. The molecular weight excluding hydrogens is 250 g/mol. The molecule has 0 saturated heterocycles. The van der Waals surface area contributed by atoms with E-state index in [-0.39, 0.29) is 12.1 Å². The van der Waals surface area contributed by atoms with Gasteiger partial charge in [0.1, 0.15) is 5.75 Å². The zero-order valence-corrected chi connectivity index (χ0v) is 11.2. The number of benzene rings is 1. The lowest BCUT2D eigenvalue weighted by Crippen LogP contribution is -2.21. The maximum absolute atomic E-state index is 6.11. The molecular formula is C16H17N3O. The molecule has 1 aromatic heterocycles. The quantitative estimate of drug-likeness (QED) is 0.862. The van der Waals surface area contributed by atoms with E-state index in [9.17, 15) is 0 Å². The molecule has 1 aliphatic carbocycles. The Kier molecular flexibility index (Phi) is 2.70. The van der Waals surface area contributed by atoms with Gasteiger partial charge >= 0.3 is 0 Å². The summed E-state index contributed by atoms with van der Waals surface area (Å²) in [5, 5.41) is 0. The Morgan fingerprint density at radius 2 is 2.15 bits per heavy atom. The number of nitrogens with two attached hydrogens (primary N) is 1. The van der Waals surface area contributed by atoms with E-state index < -0.39 is 0 Å². The van der Waals surface area contributed by atoms with Crippen LogP contribution in [0.3, 0.4) is 0 Å². The number of hydrogen-bond acceptors (Lipinski definition) is 4. The van der Waals surface area contributed by atoms with Crippen molar-refractivity contribution in [2.45, 2.75) is 37.8 Å². The van der Waals surface area contributed by atoms with Gasteiger partial charge in [-0.2, -0.15) is 0 Å². The summed E-state index contributed by atoms with van der Waals surface area (Å²) < 4.78 is 5.95. The van der Waals surface area contributed by atoms with Gasteiger partial charge in [-0.05, 0) is 30.9 Å². The second-order valence-corrected chi connectivity index (χ2v) is 5.55. The highest BCUT2D eigenvalue weighted by Gasteiger charge is 2.28. The van der Waals surface area contributed by atoms with Crippen molar-refractivity contribution in [2.24, 2.45) is 5.73 Å². The smallest absolute Gasteiger partial charge is 0.169 e. The first kappa shape index (κ1) is 11.9. The van der Waals surface area contributed by atoms with Gasteiger partial charge in [0.2, 0.25) is 0 Å². The molecule has 4 heteroatoms. The lowest BCUT2D eigenvalue weighted by Gasteiger charge is -2.21. The van der Waals surface area contributed by atoms with Crippen molar-refractivity contribution in [3.8, 4) is 5.75 Å². The second-order valence-electron chi connectivity index (χ2n) is 5.55. The highest BCUT2D eigenvalue weighted by molar-refractivity contribution is 5.38. The molecule has 2 atom stereocenters. The summed E-state index contributed by atoms with van der Waals surface area (Å²) in [6.07, 6.45) is 5.82. The summed E-state index contributed by atoms with van der Waals surface area (Å²) >= 11 is 0. The largest absolute Gasteiger partial charge is 0.482 e. The number of aryl methyl sites for hydroxylation is 1. The van der Waals surface area contributed by atoms with Crippen LogP contribution in [0, 0.1) is 0 Å². The predicted octanol–water partition coefficient (Wildman–Crippen LogP) is 2.49. The van der Waals surface area contributed by atoms with Crippen LogP contribution in [0.2, 0.25) is 0 Å². The third-order valence-electron chi connectivity index (χ3n) is 4.18. The van der Waals surface area contributed by atoms with Gasteiger partial charge in [0.05, 0.1) is 0 Å². The summed E-state index contributed by atoms with van der Waals surface area (Å²) in [5.41, 5.74) is 9.55. The summed E-state index contributed by atoms with van der Waals surface area (Å²) in [7, 11) is 0. The molecule has 0 bridgehead atoms. The molecule has 4 rings (SSSR count). The van der Waals surface area contributed by atoms with Crippen LogP contribution in [0.25, 0.3) is 0 Å². The number of para-hydroxylation sites is 1. The Morgan fingerprint density at radius 3 is 3.05 bits per heavy atom. The lowest BCUT2D eigenvalue weighted by atomic mass is 9.93. The molecule has 1 aromatic carbocycles. The standard InChI is InChI=1S/C16H17N3O/c17-12-5-3-6-13-11(12)9-18-16(19-13)15-8-10-4-1-2-7-14(10)20-15/h1-2,4,7,9,12,15H,3,5-6,8,17H2. The maximum atomic E-state index is 6.11. The Balaban J connectivity index is 1.65. The first-order valence-corrected chi connectivity index (χ1v) is 7.17. The van der Waals surface area contributed by atoms with Gasteiger partial charge in [-0.3, -0.25) is 0 Å². The van der Waals surface area contributed by atoms with Crippen LogP contribution in [0.5, 0.6) is 5.75 Å². The topological polar surface area (TPSA) is 61.0 Å². The monoisotopic (exact) mass is 267 g/mol. The van der Waals surface area contributed by atoms with Crippen molar-refractivity contribution in [3.05, 3.63) is 53.1 Å². The highest BCUT2D eigenvalue weighted by atomic mass is 16.5. The number of fused-ring (bicyclic) bond motifs is 2. The SMILES string of the molecule is NC1CCCc2nc(C3Cc4ccccc4O3)ncc21. The third kappa shape index (κ3) is 1.88.